The van der Waals surface area contributed by atoms with Crippen LogP contribution in [0, 0.1) is 5.92 Å². The van der Waals surface area contributed by atoms with Crippen molar-refractivity contribution in [3.63, 3.8) is 0 Å². The first-order chi connectivity index (χ1) is 8.95. The molecular weight excluding hydrogens is 280 g/mol. The molecule has 0 spiro atoms. The van der Waals surface area contributed by atoms with Crippen molar-refractivity contribution < 1.29 is 9.26 Å². The predicted octanol–water partition coefficient (Wildman–Crippen LogP) is 1.54. The molecule has 0 radical (unpaired) electrons. The number of hydrogen-bond acceptors (Lipinski definition) is 6. The summed E-state index contributed by atoms with van der Waals surface area (Å²) in [6.07, 6.45) is 2.66. The second-order valence-corrected chi connectivity index (χ2v) is 5.99. The van der Waals surface area contributed by atoms with Gasteiger partial charge >= 0.3 is 0 Å². The summed E-state index contributed by atoms with van der Waals surface area (Å²) < 4.78 is 10.8. The van der Waals surface area contributed by atoms with Gasteiger partial charge in [-0.25, -0.2) is 0 Å². The number of nitrogens with zero attached hydrogens (tertiary/aromatic N) is 3. The fourth-order valence-corrected chi connectivity index (χ4v) is 1.65. The highest BCUT2D eigenvalue weighted by molar-refractivity contribution is 5.85. The first kappa shape index (κ1) is 17.4. The molecule has 20 heavy (non-hydrogen) atoms. The molecule has 1 aromatic heterocycles. The van der Waals surface area contributed by atoms with Crippen LogP contribution in [0.2, 0.25) is 0 Å². The quantitative estimate of drug-likeness (QED) is 0.734. The molecule has 0 bridgehead atoms. The number of likely N-dealkylation sites (N-methyl/N-ethyl adjacent to an activating group) is 1. The summed E-state index contributed by atoms with van der Waals surface area (Å²) in [4.78, 5) is 6.41. The van der Waals surface area contributed by atoms with Gasteiger partial charge in [0.05, 0.1) is 18.7 Å². The fourth-order valence-electron chi connectivity index (χ4n) is 1.65. The molecule has 1 aliphatic carbocycles. The van der Waals surface area contributed by atoms with Crippen molar-refractivity contribution in [2.45, 2.75) is 38.8 Å². The number of hydrogen-bond donors (Lipinski definition) is 1. The number of ether oxygens (including phenoxy) is 1. The van der Waals surface area contributed by atoms with Crippen LogP contribution in [0.4, 0.5) is 0 Å². The number of halogens is 1. The maximum atomic E-state index is 5.91. The van der Waals surface area contributed by atoms with Crippen LogP contribution in [-0.2, 0) is 16.8 Å². The Bertz CT molecular complexity index is 401. The van der Waals surface area contributed by atoms with Crippen LogP contribution in [0.25, 0.3) is 0 Å². The smallest absolute Gasteiger partial charge is 0.240 e. The first-order valence-electron chi connectivity index (χ1n) is 6.83. The first-order valence-corrected chi connectivity index (χ1v) is 6.83. The molecule has 0 atom stereocenters. The lowest BCUT2D eigenvalue weighted by Gasteiger charge is -2.14. The van der Waals surface area contributed by atoms with E-state index in [1.54, 1.807) is 0 Å². The van der Waals surface area contributed by atoms with Crippen LogP contribution in [-0.4, -0.2) is 41.8 Å². The zero-order valence-electron chi connectivity index (χ0n) is 12.5. The van der Waals surface area contributed by atoms with Gasteiger partial charge in [0.15, 0.2) is 5.82 Å². The van der Waals surface area contributed by atoms with E-state index < -0.39 is 5.54 Å². The van der Waals surface area contributed by atoms with Crippen LogP contribution >= 0.6 is 12.4 Å². The Hall–Kier alpha value is -0.690. The van der Waals surface area contributed by atoms with Gasteiger partial charge in [0.25, 0.3) is 0 Å². The van der Waals surface area contributed by atoms with Crippen molar-refractivity contribution in [2.75, 3.05) is 26.8 Å². The Morgan fingerprint density at radius 1 is 1.45 bits per heavy atom. The van der Waals surface area contributed by atoms with E-state index in [0.29, 0.717) is 18.3 Å². The van der Waals surface area contributed by atoms with Gasteiger partial charge in [0, 0.05) is 13.2 Å². The normalized spacial score (nSPS) is 15.4. The molecule has 7 heteroatoms. The average molecular weight is 305 g/mol. The number of nitrogens with two attached hydrogens (primary N) is 1. The molecule has 1 fully saturated rings. The van der Waals surface area contributed by atoms with Crippen molar-refractivity contribution in [3.8, 4) is 0 Å². The molecule has 6 nitrogen and oxygen atoms in total. The highest BCUT2D eigenvalue weighted by Crippen LogP contribution is 2.28. The van der Waals surface area contributed by atoms with Crippen LogP contribution < -0.4 is 5.73 Å². The lowest BCUT2D eigenvalue weighted by molar-refractivity contribution is 0.0988. The number of rotatable bonds is 8. The zero-order valence-corrected chi connectivity index (χ0v) is 13.3. The summed E-state index contributed by atoms with van der Waals surface area (Å²) >= 11 is 0. The van der Waals surface area contributed by atoms with E-state index in [2.05, 4.69) is 15.0 Å². The average Bonchev–Trinajstić information content (AvgIpc) is 3.01. The molecule has 0 amide bonds. The maximum absolute atomic E-state index is 5.91. The Balaban J connectivity index is 0.00000200. The van der Waals surface area contributed by atoms with Gasteiger partial charge in [0.1, 0.15) is 0 Å². The molecule has 0 unspecified atom stereocenters. The van der Waals surface area contributed by atoms with E-state index in [-0.39, 0.29) is 12.4 Å². The van der Waals surface area contributed by atoms with Crippen LogP contribution in [0.5, 0.6) is 0 Å². The van der Waals surface area contributed by atoms with Crippen molar-refractivity contribution in [3.05, 3.63) is 11.7 Å². The molecular formula is C13H25ClN4O2. The van der Waals surface area contributed by atoms with Crippen molar-refractivity contribution in [2.24, 2.45) is 11.7 Å². The van der Waals surface area contributed by atoms with E-state index in [1.807, 2.05) is 20.9 Å². The molecule has 2 N–H and O–H groups in total. The standard InChI is InChI=1S/C13H24N4O2.ClH/c1-13(2,14)12-15-11(19-16-12)8-17(3)6-7-18-9-10-4-5-10;/h10H,4-9,14H2,1-3H3;1H. The molecule has 116 valence electrons. The third-order valence-corrected chi connectivity index (χ3v) is 3.12. The Kier molecular flexibility index (Phi) is 6.39. The second kappa shape index (κ2) is 7.36. The van der Waals surface area contributed by atoms with Crippen molar-refractivity contribution in [1.82, 2.24) is 15.0 Å². The van der Waals surface area contributed by atoms with Gasteiger partial charge in [-0.2, -0.15) is 4.98 Å². The molecule has 1 aromatic rings. The van der Waals surface area contributed by atoms with Gasteiger partial charge in [0.2, 0.25) is 5.89 Å². The third-order valence-electron chi connectivity index (χ3n) is 3.12. The predicted molar refractivity (Wildman–Crippen MR) is 78.6 cm³/mol. The minimum atomic E-state index is -0.562. The largest absolute Gasteiger partial charge is 0.380 e. The Morgan fingerprint density at radius 3 is 2.70 bits per heavy atom. The lowest BCUT2D eigenvalue weighted by atomic mass is 10.1. The van der Waals surface area contributed by atoms with Gasteiger partial charge in [-0.05, 0) is 39.7 Å². The summed E-state index contributed by atoms with van der Waals surface area (Å²) in [5.41, 5.74) is 5.35. The monoisotopic (exact) mass is 304 g/mol. The second-order valence-electron chi connectivity index (χ2n) is 5.99. The van der Waals surface area contributed by atoms with E-state index >= 15 is 0 Å². The summed E-state index contributed by atoms with van der Waals surface area (Å²) in [5, 5.41) is 3.90. The van der Waals surface area contributed by atoms with Crippen molar-refractivity contribution >= 4 is 12.4 Å². The van der Waals surface area contributed by atoms with Gasteiger partial charge < -0.3 is 15.0 Å². The fraction of sp³-hybridized carbons (Fsp3) is 0.846. The molecule has 0 aliphatic heterocycles. The summed E-state index contributed by atoms with van der Waals surface area (Å²) in [6, 6.07) is 0. The molecule has 0 aromatic carbocycles. The van der Waals surface area contributed by atoms with Crippen LogP contribution in [0.15, 0.2) is 4.52 Å². The van der Waals surface area contributed by atoms with Gasteiger partial charge in [-0.15, -0.1) is 12.4 Å². The topological polar surface area (TPSA) is 77.4 Å². The Morgan fingerprint density at radius 2 is 2.15 bits per heavy atom. The third kappa shape index (κ3) is 5.75. The minimum absolute atomic E-state index is 0. The van der Waals surface area contributed by atoms with E-state index in [4.69, 9.17) is 15.0 Å². The van der Waals surface area contributed by atoms with E-state index in [1.165, 1.54) is 12.8 Å². The van der Waals surface area contributed by atoms with E-state index in [0.717, 1.165) is 25.7 Å². The summed E-state index contributed by atoms with van der Waals surface area (Å²) in [6.45, 7) is 6.84. The van der Waals surface area contributed by atoms with E-state index in [9.17, 15) is 0 Å². The number of aromatic nitrogens is 2. The zero-order chi connectivity index (χ0) is 13.9. The van der Waals surface area contributed by atoms with Crippen molar-refractivity contribution in [1.29, 1.82) is 0 Å². The maximum Gasteiger partial charge on any atom is 0.240 e. The SMILES string of the molecule is CN(CCOCC1CC1)Cc1nc(C(C)(C)N)no1.Cl. The highest BCUT2D eigenvalue weighted by atomic mass is 35.5. The summed E-state index contributed by atoms with van der Waals surface area (Å²) in [7, 11) is 2.01. The molecule has 0 saturated heterocycles. The van der Waals surface area contributed by atoms with Crippen LogP contribution in [0.1, 0.15) is 38.4 Å². The molecule has 2 rings (SSSR count). The van der Waals surface area contributed by atoms with Gasteiger partial charge in [-0.3, -0.25) is 4.90 Å². The molecule has 1 aliphatic rings. The van der Waals surface area contributed by atoms with Gasteiger partial charge in [-0.1, -0.05) is 5.16 Å². The Labute approximate surface area is 126 Å². The lowest BCUT2D eigenvalue weighted by Crippen LogP contribution is -2.30. The molecule has 1 saturated carbocycles. The minimum Gasteiger partial charge on any atom is -0.380 e. The molecule has 1 heterocycles. The highest BCUT2D eigenvalue weighted by Gasteiger charge is 2.22. The van der Waals surface area contributed by atoms with Crippen LogP contribution in [0.3, 0.4) is 0 Å². The summed E-state index contributed by atoms with van der Waals surface area (Å²) in [5.74, 6) is 1.95.